The highest BCUT2D eigenvalue weighted by molar-refractivity contribution is 5.79. The molecular formula is C13H14O2. The number of allylic oxidation sites excluding steroid dienone is 2. The topological polar surface area (TPSA) is 37.3 Å². The predicted molar refractivity (Wildman–Crippen MR) is 61.5 cm³/mol. The molecule has 1 N–H and O–H groups in total. The van der Waals surface area contributed by atoms with E-state index >= 15 is 0 Å². The van der Waals surface area contributed by atoms with Crippen LogP contribution in [0.3, 0.4) is 0 Å². The van der Waals surface area contributed by atoms with E-state index in [2.05, 4.69) is 0 Å². The first-order valence-electron chi connectivity index (χ1n) is 4.90. The lowest BCUT2D eigenvalue weighted by Gasteiger charge is -1.90. The van der Waals surface area contributed by atoms with Crippen molar-refractivity contribution in [3.8, 4) is 0 Å². The Hall–Kier alpha value is -1.83. The Balaban J connectivity index is 2.26. The third-order valence-corrected chi connectivity index (χ3v) is 1.87. The van der Waals surface area contributed by atoms with Crippen LogP contribution < -0.4 is 0 Å². The third-order valence-electron chi connectivity index (χ3n) is 1.87. The molecule has 0 unspecified atom stereocenters. The molecule has 2 heteroatoms. The van der Waals surface area contributed by atoms with Crippen molar-refractivity contribution in [1.29, 1.82) is 0 Å². The summed E-state index contributed by atoms with van der Waals surface area (Å²) < 4.78 is 0. The second kappa shape index (κ2) is 6.60. The highest BCUT2D eigenvalue weighted by Gasteiger charge is 1.84. The van der Waals surface area contributed by atoms with Gasteiger partial charge in [0, 0.05) is 6.08 Å². The van der Waals surface area contributed by atoms with E-state index in [0.717, 1.165) is 12.8 Å². The molecule has 0 atom stereocenters. The van der Waals surface area contributed by atoms with E-state index in [4.69, 9.17) is 5.11 Å². The first-order chi connectivity index (χ1) is 7.29. The average Bonchev–Trinajstić information content (AvgIpc) is 2.24. The fraction of sp³-hybridized carbons (Fsp3) is 0.154. The molecule has 0 aliphatic carbocycles. The van der Waals surface area contributed by atoms with Gasteiger partial charge in [-0.1, -0.05) is 48.6 Å². The normalized spacial score (nSPS) is 11.2. The quantitative estimate of drug-likeness (QED) is 0.588. The molecule has 1 aromatic rings. The monoisotopic (exact) mass is 202 g/mol. The number of carbonyl (C=O) groups is 1. The van der Waals surface area contributed by atoms with Gasteiger partial charge in [-0.2, -0.15) is 0 Å². The van der Waals surface area contributed by atoms with Crippen LogP contribution in [-0.4, -0.2) is 11.1 Å². The van der Waals surface area contributed by atoms with Gasteiger partial charge in [0.25, 0.3) is 0 Å². The average molecular weight is 202 g/mol. The fourth-order valence-electron chi connectivity index (χ4n) is 1.16. The minimum atomic E-state index is -0.887. The van der Waals surface area contributed by atoms with Gasteiger partial charge in [-0.25, -0.2) is 4.79 Å². The Morgan fingerprint density at radius 1 is 1.13 bits per heavy atom. The molecule has 2 nitrogen and oxygen atoms in total. The first-order valence-corrected chi connectivity index (χ1v) is 4.90. The van der Waals surface area contributed by atoms with Crippen molar-refractivity contribution in [3.63, 3.8) is 0 Å². The van der Waals surface area contributed by atoms with E-state index in [0.29, 0.717) is 0 Å². The predicted octanol–water partition coefficient (Wildman–Crippen LogP) is 3.12. The van der Waals surface area contributed by atoms with Crippen LogP contribution in [-0.2, 0) is 4.79 Å². The maximum absolute atomic E-state index is 10.1. The number of rotatable bonds is 5. The van der Waals surface area contributed by atoms with Crippen LogP contribution in [0.4, 0.5) is 0 Å². The van der Waals surface area contributed by atoms with E-state index in [9.17, 15) is 4.79 Å². The van der Waals surface area contributed by atoms with Crippen LogP contribution in [0.25, 0.3) is 6.08 Å². The summed E-state index contributed by atoms with van der Waals surface area (Å²) >= 11 is 0. The SMILES string of the molecule is O=C(O)C=CCCC=Cc1ccccc1. The third kappa shape index (κ3) is 5.47. The Labute approximate surface area is 89.6 Å². The smallest absolute Gasteiger partial charge is 0.327 e. The largest absolute Gasteiger partial charge is 0.478 e. The van der Waals surface area contributed by atoms with E-state index in [1.807, 2.05) is 42.5 Å². The Morgan fingerprint density at radius 2 is 1.80 bits per heavy atom. The number of benzene rings is 1. The molecule has 0 fully saturated rings. The standard InChI is InChI=1S/C13H14O2/c14-13(15)11-7-2-1-4-8-12-9-5-3-6-10-12/h3-11H,1-2H2,(H,14,15). The summed E-state index contributed by atoms with van der Waals surface area (Å²) in [7, 11) is 0. The first kappa shape index (κ1) is 11.2. The van der Waals surface area contributed by atoms with Gasteiger partial charge in [0.15, 0.2) is 0 Å². The molecule has 0 radical (unpaired) electrons. The van der Waals surface area contributed by atoms with Gasteiger partial charge in [-0.15, -0.1) is 0 Å². The van der Waals surface area contributed by atoms with Crippen LogP contribution in [0.15, 0.2) is 48.6 Å². The number of carboxylic acids is 1. The van der Waals surface area contributed by atoms with Gasteiger partial charge in [0.05, 0.1) is 0 Å². The van der Waals surface area contributed by atoms with Gasteiger partial charge in [0.2, 0.25) is 0 Å². The number of unbranched alkanes of at least 4 members (excludes halogenated alkanes) is 1. The van der Waals surface area contributed by atoms with Gasteiger partial charge >= 0.3 is 5.97 Å². The van der Waals surface area contributed by atoms with Crippen LogP contribution in [0.1, 0.15) is 18.4 Å². The molecule has 0 bridgehead atoms. The van der Waals surface area contributed by atoms with Crippen LogP contribution in [0.5, 0.6) is 0 Å². The zero-order valence-electron chi connectivity index (χ0n) is 8.47. The second-order valence-electron chi connectivity index (χ2n) is 3.13. The van der Waals surface area contributed by atoms with Crippen molar-refractivity contribution in [1.82, 2.24) is 0 Å². The van der Waals surface area contributed by atoms with Crippen LogP contribution in [0.2, 0.25) is 0 Å². The zero-order chi connectivity index (χ0) is 10.9. The van der Waals surface area contributed by atoms with Crippen molar-refractivity contribution >= 4 is 12.0 Å². The van der Waals surface area contributed by atoms with Crippen LogP contribution in [0, 0.1) is 0 Å². The highest BCUT2D eigenvalue weighted by atomic mass is 16.4. The van der Waals surface area contributed by atoms with Gasteiger partial charge in [0.1, 0.15) is 0 Å². The summed E-state index contributed by atoms with van der Waals surface area (Å²) in [6.07, 6.45) is 8.54. The van der Waals surface area contributed by atoms with Crippen molar-refractivity contribution in [3.05, 3.63) is 54.1 Å². The maximum Gasteiger partial charge on any atom is 0.327 e. The Morgan fingerprint density at radius 3 is 2.47 bits per heavy atom. The summed E-state index contributed by atoms with van der Waals surface area (Å²) in [4.78, 5) is 10.1. The maximum atomic E-state index is 10.1. The molecule has 0 aliphatic rings. The molecule has 0 saturated heterocycles. The van der Waals surface area contributed by atoms with Gasteiger partial charge in [-0.05, 0) is 18.4 Å². The lowest BCUT2D eigenvalue weighted by atomic mass is 10.2. The molecule has 0 aliphatic heterocycles. The lowest BCUT2D eigenvalue weighted by molar-refractivity contribution is -0.131. The summed E-state index contributed by atoms with van der Waals surface area (Å²) in [5, 5.41) is 8.34. The molecular weight excluding hydrogens is 188 g/mol. The van der Waals surface area contributed by atoms with Crippen molar-refractivity contribution in [2.24, 2.45) is 0 Å². The van der Waals surface area contributed by atoms with Gasteiger partial charge < -0.3 is 5.11 Å². The summed E-state index contributed by atoms with van der Waals surface area (Å²) in [5.74, 6) is -0.887. The Kier molecular flexibility index (Phi) is 4.95. The molecule has 0 aromatic heterocycles. The van der Waals surface area contributed by atoms with E-state index in [1.54, 1.807) is 6.08 Å². The number of aliphatic carboxylic acids is 1. The minimum absolute atomic E-state index is 0.760. The van der Waals surface area contributed by atoms with Crippen molar-refractivity contribution in [2.75, 3.05) is 0 Å². The number of carboxylic acid groups (broad SMARTS) is 1. The van der Waals surface area contributed by atoms with E-state index in [-0.39, 0.29) is 0 Å². The molecule has 0 amide bonds. The molecule has 0 heterocycles. The summed E-state index contributed by atoms with van der Waals surface area (Å²) in [6, 6.07) is 10.0. The molecule has 1 rings (SSSR count). The molecule has 1 aromatic carbocycles. The fourth-order valence-corrected chi connectivity index (χ4v) is 1.16. The number of hydrogen-bond acceptors (Lipinski definition) is 1. The summed E-state index contributed by atoms with van der Waals surface area (Å²) in [6.45, 7) is 0. The molecule has 78 valence electrons. The number of hydrogen-bond donors (Lipinski definition) is 1. The van der Waals surface area contributed by atoms with Crippen molar-refractivity contribution in [2.45, 2.75) is 12.8 Å². The summed E-state index contributed by atoms with van der Waals surface area (Å²) in [5.41, 5.74) is 1.17. The van der Waals surface area contributed by atoms with E-state index in [1.165, 1.54) is 11.6 Å². The Bertz CT molecular complexity index is 350. The minimum Gasteiger partial charge on any atom is -0.478 e. The highest BCUT2D eigenvalue weighted by Crippen LogP contribution is 2.03. The molecule has 0 spiro atoms. The molecule has 0 saturated carbocycles. The van der Waals surface area contributed by atoms with Crippen molar-refractivity contribution < 1.29 is 9.90 Å². The lowest BCUT2D eigenvalue weighted by Crippen LogP contribution is -1.85. The van der Waals surface area contributed by atoms with Crippen LogP contribution >= 0.6 is 0 Å². The second-order valence-corrected chi connectivity index (χ2v) is 3.13. The van der Waals surface area contributed by atoms with Gasteiger partial charge in [-0.3, -0.25) is 0 Å². The molecule has 15 heavy (non-hydrogen) atoms. The van der Waals surface area contributed by atoms with E-state index < -0.39 is 5.97 Å². The zero-order valence-corrected chi connectivity index (χ0v) is 8.47.